The number of amides is 2. The van der Waals surface area contributed by atoms with Gasteiger partial charge >= 0.3 is 6.03 Å². The normalized spacial score (nSPS) is 10.7. The number of rotatable bonds is 6. The SMILES string of the molecule is CC(C)Oc1c(Cl)cccc1NC(=O)NCCc1ncnn1C. The van der Waals surface area contributed by atoms with Crippen LogP contribution in [0.4, 0.5) is 10.5 Å². The van der Waals surface area contributed by atoms with E-state index in [1.165, 1.54) is 6.33 Å². The molecular formula is C15H20ClN5O2. The van der Waals surface area contributed by atoms with Crippen LogP contribution in [0.1, 0.15) is 19.7 Å². The number of aromatic nitrogens is 3. The Morgan fingerprint density at radius 3 is 2.87 bits per heavy atom. The van der Waals surface area contributed by atoms with Crippen LogP contribution in [0, 0.1) is 0 Å². The molecule has 8 heteroatoms. The predicted octanol–water partition coefficient (Wildman–Crippen LogP) is 2.62. The van der Waals surface area contributed by atoms with E-state index in [9.17, 15) is 4.79 Å². The van der Waals surface area contributed by atoms with E-state index in [1.54, 1.807) is 22.9 Å². The molecule has 0 fully saturated rings. The Balaban J connectivity index is 1.92. The number of ether oxygens (including phenoxy) is 1. The minimum atomic E-state index is -0.331. The minimum absolute atomic E-state index is 0.0468. The van der Waals surface area contributed by atoms with Crippen molar-refractivity contribution in [3.05, 3.63) is 35.4 Å². The summed E-state index contributed by atoms with van der Waals surface area (Å²) >= 11 is 6.13. The smallest absolute Gasteiger partial charge is 0.319 e. The van der Waals surface area contributed by atoms with Gasteiger partial charge in [-0.3, -0.25) is 4.68 Å². The number of hydrogen-bond acceptors (Lipinski definition) is 4. The van der Waals surface area contributed by atoms with Crippen molar-refractivity contribution in [2.75, 3.05) is 11.9 Å². The van der Waals surface area contributed by atoms with Gasteiger partial charge in [0, 0.05) is 20.0 Å². The summed E-state index contributed by atoms with van der Waals surface area (Å²) in [7, 11) is 1.81. The van der Waals surface area contributed by atoms with E-state index >= 15 is 0 Å². The largest absolute Gasteiger partial charge is 0.487 e. The van der Waals surface area contributed by atoms with Gasteiger partial charge in [0.15, 0.2) is 5.75 Å². The quantitative estimate of drug-likeness (QED) is 0.849. The highest BCUT2D eigenvalue weighted by atomic mass is 35.5. The van der Waals surface area contributed by atoms with Gasteiger partial charge in [-0.05, 0) is 26.0 Å². The molecule has 2 amide bonds. The maximum absolute atomic E-state index is 12.0. The topological polar surface area (TPSA) is 81.1 Å². The molecule has 1 heterocycles. The monoisotopic (exact) mass is 337 g/mol. The first-order chi connectivity index (χ1) is 11.0. The first-order valence-corrected chi connectivity index (χ1v) is 7.68. The number of anilines is 1. The van der Waals surface area contributed by atoms with Crippen LogP contribution in [-0.2, 0) is 13.5 Å². The average molecular weight is 338 g/mol. The van der Waals surface area contributed by atoms with E-state index < -0.39 is 0 Å². The summed E-state index contributed by atoms with van der Waals surface area (Å²) in [6.07, 6.45) is 2.03. The van der Waals surface area contributed by atoms with Gasteiger partial charge in [-0.1, -0.05) is 17.7 Å². The molecule has 1 aromatic carbocycles. The molecule has 23 heavy (non-hydrogen) atoms. The molecule has 0 radical (unpaired) electrons. The average Bonchev–Trinajstić information content (AvgIpc) is 2.88. The Kier molecular flexibility index (Phi) is 5.81. The molecule has 1 aromatic heterocycles. The summed E-state index contributed by atoms with van der Waals surface area (Å²) in [5.74, 6) is 1.27. The van der Waals surface area contributed by atoms with Crippen LogP contribution in [-0.4, -0.2) is 33.4 Å². The fourth-order valence-corrected chi connectivity index (χ4v) is 2.18. The van der Waals surface area contributed by atoms with Crippen molar-refractivity contribution in [3.8, 4) is 5.75 Å². The Morgan fingerprint density at radius 1 is 1.43 bits per heavy atom. The van der Waals surface area contributed by atoms with E-state index in [2.05, 4.69) is 20.7 Å². The highest BCUT2D eigenvalue weighted by Crippen LogP contribution is 2.33. The Bertz CT molecular complexity index is 672. The second kappa shape index (κ2) is 7.82. The van der Waals surface area contributed by atoms with Crippen molar-refractivity contribution >= 4 is 23.3 Å². The second-order valence-electron chi connectivity index (χ2n) is 5.21. The molecule has 0 unspecified atom stereocenters. The Labute approximate surface area is 140 Å². The maximum atomic E-state index is 12.0. The van der Waals surface area contributed by atoms with Crippen LogP contribution in [0.15, 0.2) is 24.5 Å². The molecule has 0 atom stereocenters. The fourth-order valence-electron chi connectivity index (χ4n) is 1.96. The first kappa shape index (κ1) is 17.1. The third kappa shape index (κ3) is 4.85. The van der Waals surface area contributed by atoms with Gasteiger partial charge in [0.2, 0.25) is 0 Å². The van der Waals surface area contributed by atoms with Gasteiger partial charge in [0.25, 0.3) is 0 Å². The van der Waals surface area contributed by atoms with Gasteiger partial charge in [-0.25, -0.2) is 9.78 Å². The highest BCUT2D eigenvalue weighted by molar-refractivity contribution is 6.32. The number of carbonyl (C=O) groups is 1. The molecule has 0 saturated heterocycles. The number of para-hydroxylation sites is 1. The van der Waals surface area contributed by atoms with Crippen LogP contribution in [0.5, 0.6) is 5.75 Å². The first-order valence-electron chi connectivity index (χ1n) is 7.30. The van der Waals surface area contributed by atoms with Gasteiger partial charge in [-0.15, -0.1) is 0 Å². The molecule has 2 N–H and O–H groups in total. The number of nitrogens with one attached hydrogen (secondary N) is 2. The molecule has 124 valence electrons. The molecular weight excluding hydrogens is 318 g/mol. The molecule has 7 nitrogen and oxygen atoms in total. The lowest BCUT2D eigenvalue weighted by Crippen LogP contribution is -2.31. The summed E-state index contributed by atoms with van der Waals surface area (Å²) in [5, 5.41) is 9.95. The van der Waals surface area contributed by atoms with Crippen LogP contribution in [0.2, 0.25) is 5.02 Å². The molecule has 0 aliphatic carbocycles. The summed E-state index contributed by atoms with van der Waals surface area (Å²) in [5.41, 5.74) is 0.530. The zero-order valence-electron chi connectivity index (χ0n) is 13.3. The lowest BCUT2D eigenvalue weighted by Gasteiger charge is -2.16. The maximum Gasteiger partial charge on any atom is 0.319 e. The molecule has 0 bridgehead atoms. The highest BCUT2D eigenvalue weighted by Gasteiger charge is 2.12. The van der Waals surface area contributed by atoms with Crippen molar-refractivity contribution in [1.82, 2.24) is 20.1 Å². The zero-order chi connectivity index (χ0) is 16.8. The number of benzene rings is 1. The van der Waals surface area contributed by atoms with Crippen molar-refractivity contribution < 1.29 is 9.53 Å². The van der Waals surface area contributed by atoms with E-state index in [0.29, 0.717) is 29.4 Å². The summed E-state index contributed by atoms with van der Waals surface area (Å²) < 4.78 is 7.33. The van der Waals surface area contributed by atoms with E-state index in [-0.39, 0.29) is 12.1 Å². The van der Waals surface area contributed by atoms with Crippen LogP contribution < -0.4 is 15.4 Å². The van der Waals surface area contributed by atoms with Crippen molar-refractivity contribution in [2.45, 2.75) is 26.4 Å². The Morgan fingerprint density at radius 2 is 2.22 bits per heavy atom. The van der Waals surface area contributed by atoms with Crippen LogP contribution in [0.3, 0.4) is 0 Å². The molecule has 2 rings (SSSR count). The number of halogens is 1. The molecule has 0 saturated carbocycles. The number of urea groups is 1. The van der Waals surface area contributed by atoms with Gasteiger partial charge < -0.3 is 15.4 Å². The second-order valence-corrected chi connectivity index (χ2v) is 5.62. The zero-order valence-corrected chi connectivity index (χ0v) is 14.1. The van der Waals surface area contributed by atoms with Gasteiger partial charge in [-0.2, -0.15) is 5.10 Å². The Hall–Kier alpha value is -2.28. The van der Waals surface area contributed by atoms with Gasteiger partial charge in [0.1, 0.15) is 12.2 Å². The molecule has 2 aromatic rings. The summed E-state index contributed by atoms with van der Waals surface area (Å²) in [6.45, 7) is 4.24. The van der Waals surface area contributed by atoms with Crippen LogP contribution in [0.25, 0.3) is 0 Å². The number of hydrogen-bond donors (Lipinski definition) is 2. The third-order valence-corrected chi connectivity index (χ3v) is 3.31. The third-order valence-electron chi connectivity index (χ3n) is 3.01. The molecule has 0 spiro atoms. The molecule has 0 aliphatic rings. The number of aryl methyl sites for hydroxylation is 1. The van der Waals surface area contributed by atoms with Gasteiger partial charge in [0.05, 0.1) is 16.8 Å². The lowest BCUT2D eigenvalue weighted by molar-refractivity contribution is 0.242. The van der Waals surface area contributed by atoms with Crippen molar-refractivity contribution in [3.63, 3.8) is 0 Å². The standard InChI is InChI=1S/C15H20ClN5O2/c1-10(2)23-14-11(16)5-4-6-12(14)20-15(22)17-8-7-13-18-9-19-21(13)3/h4-6,9-10H,7-8H2,1-3H3,(H2,17,20,22). The molecule has 0 aliphatic heterocycles. The number of carbonyl (C=O) groups excluding carboxylic acids is 1. The minimum Gasteiger partial charge on any atom is -0.487 e. The van der Waals surface area contributed by atoms with E-state index in [4.69, 9.17) is 16.3 Å². The fraction of sp³-hybridized carbons (Fsp3) is 0.400. The van der Waals surface area contributed by atoms with Crippen LogP contribution >= 0.6 is 11.6 Å². The summed E-state index contributed by atoms with van der Waals surface area (Å²) in [4.78, 5) is 16.1. The lowest BCUT2D eigenvalue weighted by atomic mass is 10.3. The predicted molar refractivity (Wildman–Crippen MR) is 88.9 cm³/mol. The van der Waals surface area contributed by atoms with E-state index in [0.717, 1.165) is 5.82 Å². The van der Waals surface area contributed by atoms with Crippen molar-refractivity contribution in [2.24, 2.45) is 7.05 Å². The van der Waals surface area contributed by atoms with E-state index in [1.807, 2.05) is 20.9 Å². The number of nitrogens with zero attached hydrogens (tertiary/aromatic N) is 3. The van der Waals surface area contributed by atoms with Crippen molar-refractivity contribution in [1.29, 1.82) is 0 Å². The summed E-state index contributed by atoms with van der Waals surface area (Å²) in [6, 6.07) is 4.88.